The summed E-state index contributed by atoms with van der Waals surface area (Å²) in [5, 5.41) is 17.8. The second-order valence-electron chi connectivity index (χ2n) is 6.16. The van der Waals surface area contributed by atoms with Crippen LogP contribution in [0.25, 0.3) is 10.1 Å². The van der Waals surface area contributed by atoms with E-state index in [1.54, 1.807) is 32.4 Å². The van der Waals surface area contributed by atoms with Crippen molar-refractivity contribution in [3.8, 4) is 0 Å². The van der Waals surface area contributed by atoms with Gasteiger partial charge >= 0.3 is 0 Å². The van der Waals surface area contributed by atoms with Gasteiger partial charge in [-0.1, -0.05) is 18.2 Å². The Bertz CT molecular complexity index is 838. The minimum Gasteiger partial charge on any atom is -0.386 e. The molecule has 0 aliphatic rings. The predicted molar refractivity (Wildman–Crippen MR) is 128 cm³/mol. The largest absolute Gasteiger partial charge is 0.386 e. The van der Waals surface area contributed by atoms with Crippen LogP contribution in [-0.2, 0) is 10.0 Å². The molecule has 0 amide bonds. The summed E-state index contributed by atoms with van der Waals surface area (Å²) in [5.41, 5.74) is 0. The van der Waals surface area contributed by atoms with Crippen LogP contribution in [0.4, 0.5) is 0 Å². The van der Waals surface area contributed by atoms with Crippen molar-refractivity contribution in [3.63, 3.8) is 0 Å². The second kappa shape index (κ2) is 11.9. The van der Waals surface area contributed by atoms with Gasteiger partial charge in [-0.15, -0.1) is 35.3 Å². The number of thiophene rings is 1. The van der Waals surface area contributed by atoms with Crippen LogP contribution in [-0.4, -0.2) is 63.3 Å². The highest BCUT2D eigenvalue weighted by molar-refractivity contribution is 14.0. The van der Waals surface area contributed by atoms with Gasteiger partial charge in [0.15, 0.2) is 5.96 Å². The highest BCUT2D eigenvalue weighted by Gasteiger charge is 2.14. The number of aliphatic hydroxyl groups excluding tert-OH is 1. The zero-order chi connectivity index (χ0) is 19.9. The molecular weight excluding hydrogens is 511 g/mol. The number of guanidine groups is 1. The lowest BCUT2D eigenvalue weighted by Crippen LogP contribution is -2.40. The number of nitrogens with zero attached hydrogens (tertiary/aromatic N) is 2. The molecule has 1 aromatic heterocycles. The molecule has 28 heavy (non-hydrogen) atoms. The number of sulfonamides is 1. The Morgan fingerprint density at radius 2 is 2.04 bits per heavy atom. The summed E-state index contributed by atoms with van der Waals surface area (Å²) in [4.78, 5) is 5.04. The van der Waals surface area contributed by atoms with Crippen molar-refractivity contribution in [2.24, 2.45) is 4.99 Å². The van der Waals surface area contributed by atoms with Crippen LogP contribution in [0.15, 0.2) is 35.3 Å². The van der Waals surface area contributed by atoms with Crippen molar-refractivity contribution in [1.29, 1.82) is 0 Å². The lowest BCUT2D eigenvalue weighted by atomic mass is 10.2. The van der Waals surface area contributed by atoms with E-state index in [1.807, 2.05) is 30.3 Å². The van der Waals surface area contributed by atoms with Gasteiger partial charge < -0.3 is 15.7 Å². The summed E-state index contributed by atoms with van der Waals surface area (Å²) in [7, 11) is 0.112. The van der Waals surface area contributed by atoms with E-state index in [0.29, 0.717) is 32.0 Å². The summed E-state index contributed by atoms with van der Waals surface area (Å²) in [6.45, 7) is 3.02. The van der Waals surface area contributed by atoms with E-state index >= 15 is 0 Å². The molecule has 158 valence electrons. The molecule has 0 saturated heterocycles. The smallest absolute Gasteiger partial charge is 0.213 e. The summed E-state index contributed by atoms with van der Waals surface area (Å²) < 4.78 is 25.9. The number of fused-ring (bicyclic) bond motifs is 1. The van der Waals surface area contributed by atoms with Gasteiger partial charge in [-0.3, -0.25) is 4.99 Å². The van der Waals surface area contributed by atoms with Crippen LogP contribution in [0.5, 0.6) is 0 Å². The van der Waals surface area contributed by atoms with Gasteiger partial charge in [0.1, 0.15) is 6.10 Å². The SMILES string of the molecule is CCS(=O)(=O)N(C)CCCNC(=NC)NCC(O)c1cc2ccccc2s1.I. The van der Waals surface area contributed by atoms with Crippen LogP contribution in [0, 0.1) is 0 Å². The summed E-state index contributed by atoms with van der Waals surface area (Å²) in [6.07, 6.45) is 0.0387. The van der Waals surface area contributed by atoms with E-state index in [-0.39, 0.29) is 29.7 Å². The molecule has 0 spiro atoms. The minimum atomic E-state index is -3.14. The topological polar surface area (TPSA) is 94.0 Å². The number of benzene rings is 1. The molecule has 3 N–H and O–H groups in total. The van der Waals surface area contributed by atoms with E-state index < -0.39 is 16.1 Å². The average molecular weight is 540 g/mol. The quantitative estimate of drug-likeness (QED) is 0.197. The molecule has 0 aliphatic carbocycles. The maximum Gasteiger partial charge on any atom is 0.213 e. The first-order valence-electron chi connectivity index (χ1n) is 8.92. The predicted octanol–water partition coefficient (Wildman–Crippen LogP) is 2.39. The standard InChI is InChI=1S/C18H28N4O3S2.HI/c1-4-27(24,25)22(3)11-7-10-20-18(19-2)21-13-15(23)17-12-14-8-5-6-9-16(14)26-17;/h5-6,8-9,12,15,23H,4,7,10-11,13H2,1-3H3,(H2,19,20,21);1H. The third kappa shape index (κ3) is 7.14. The maximum atomic E-state index is 11.7. The molecule has 1 unspecified atom stereocenters. The van der Waals surface area contributed by atoms with Gasteiger partial charge in [-0.25, -0.2) is 12.7 Å². The first-order chi connectivity index (χ1) is 12.9. The third-order valence-corrected chi connectivity index (χ3v) is 7.32. The zero-order valence-electron chi connectivity index (χ0n) is 16.4. The Balaban J connectivity index is 0.00000392. The van der Waals surface area contributed by atoms with Gasteiger partial charge in [0, 0.05) is 43.3 Å². The Morgan fingerprint density at radius 3 is 2.68 bits per heavy atom. The fraction of sp³-hybridized carbons (Fsp3) is 0.500. The van der Waals surface area contributed by atoms with E-state index in [2.05, 4.69) is 15.6 Å². The number of hydrogen-bond acceptors (Lipinski definition) is 5. The number of aliphatic imine (C=N–C) groups is 1. The van der Waals surface area contributed by atoms with Gasteiger partial charge in [0.2, 0.25) is 10.0 Å². The van der Waals surface area contributed by atoms with Crippen molar-refractivity contribution < 1.29 is 13.5 Å². The van der Waals surface area contributed by atoms with Crippen LogP contribution >= 0.6 is 35.3 Å². The summed E-state index contributed by atoms with van der Waals surface area (Å²) in [5.74, 6) is 0.687. The zero-order valence-corrected chi connectivity index (χ0v) is 20.3. The molecule has 10 heteroatoms. The van der Waals surface area contributed by atoms with Crippen LogP contribution in [0.3, 0.4) is 0 Å². The number of halogens is 1. The van der Waals surface area contributed by atoms with Crippen molar-refractivity contribution >= 4 is 61.4 Å². The fourth-order valence-electron chi connectivity index (χ4n) is 2.55. The molecule has 1 heterocycles. The van der Waals surface area contributed by atoms with Crippen molar-refractivity contribution in [3.05, 3.63) is 35.2 Å². The number of nitrogens with one attached hydrogen (secondary N) is 2. The van der Waals surface area contributed by atoms with Crippen molar-refractivity contribution in [1.82, 2.24) is 14.9 Å². The van der Waals surface area contributed by atoms with Gasteiger partial charge in [-0.05, 0) is 30.9 Å². The molecule has 1 aromatic carbocycles. The first kappa shape index (κ1) is 25.1. The molecule has 1 atom stereocenters. The third-order valence-electron chi connectivity index (χ3n) is 4.24. The highest BCUT2D eigenvalue weighted by Crippen LogP contribution is 2.29. The Hall–Kier alpha value is -0.950. The molecule has 0 radical (unpaired) electrons. The van der Waals surface area contributed by atoms with E-state index in [0.717, 1.165) is 15.0 Å². The van der Waals surface area contributed by atoms with Crippen molar-refractivity contribution in [2.75, 3.05) is 39.5 Å². The average Bonchev–Trinajstić information content (AvgIpc) is 3.11. The molecule has 7 nitrogen and oxygen atoms in total. The fourth-order valence-corrected chi connectivity index (χ4v) is 4.45. The van der Waals surface area contributed by atoms with Crippen LogP contribution in [0.1, 0.15) is 24.3 Å². The first-order valence-corrected chi connectivity index (χ1v) is 11.3. The monoisotopic (exact) mass is 540 g/mol. The molecule has 0 bridgehead atoms. The summed E-state index contributed by atoms with van der Waals surface area (Å²) >= 11 is 1.58. The molecule has 2 aromatic rings. The number of hydrogen-bond donors (Lipinski definition) is 3. The second-order valence-corrected chi connectivity index (χ2v) is 9.64. The Morgan fingerprint density at radius 1 is 1.32 bits per heavy atom. The van der Waals surface area contributed by atoms with Gasteiger partial charge in [0.25, 0.3) is 0 Å². The van der Waals surface area contributed by atoms with Crippen LogP contribution < -0.4 is 10.6 Å². The van der Waals surface area contributed by atoms with E-state index in [1.165, 1.54) is 4.31 Å². The number of aliphatic hydroxyl groups is 1. The van der Waals surface area contributed by atoms with Crippen LogP contribution in [0.2, 0.25) is 0 Å². The lowest BCUT2D eigenvalue weighted by molar-refractivity contribution is 0.184. The summed E-state index contributed by atoms with van der Waals surface area (Å²) in [6, 6.07) is 10.1. The van der Waals surface area contributed by atoms with Gasteiger partial charge in [-0.2, -0.15) is 0 Å². The normalized spacial score (nSPS) is 13.4. The molecule has 0 fully saturated rings. The maximum absolute atomic E-state index is 11.7. The molecule has 0 saturated carbocycles. The Labute approximate surface area is 188 Å². The van der Waals surface area contributed by atoms with E-state index in [9.17, 15) is 13.5 Å². The van der Waals surface area contributed by atoms with E-state index in [4.69, 9.17) is 0 Å². The molecule has 2 rings (SSSR count). The van der Waals surface area contributed by atoms with Crippen molar-refractivity contribution in [2.45, 2.75) is 19.4 Å². The Kier molecular flexibility index (Phi) is 10.7. The molecular formula is C18H29IN4O3S2. The minimum absolute atomic E-state index is 0. The highest BCUT2D eigenvalue weighted by atomic mass is 127. The van der Waals surface area contributed by atoms with Gasteiger partial charge in [0.05, 0.1) is 5.75 Å². The molecule has 0 aliphatic heterocycles. The lowest BCUT2D eigenvalue weighted by Gasteiger charge is -2.17. The number of rotatable bonds is 9.